The van der Waals surface area contributed by atoms with Crippen molar-refractivity contribution in [3.8, 4) is 0 Å². The van der Waals surface area contributed by atoms with Crippen LogP contribution in [-0.2, 0) is 21.5 Å². The summed E-state index contributed by atoms with van der Waals surface area (Å²) in [6, 6.07) is 17.9. The summed E-state index contributed by atoms with van der Waals surface area (Å²) in [6.07, 6.45) is 1.87. The SMILES string of the molecule is CC(NCC1(c2ccc(Cl)cc2)CCOCC1)C(=O)N(C)Cc1ccccc1. The summed E-state index contributed by atoms with van der Waals surface area (Å²) in [5.74, 6) is 0.0992. The molecule has 0 aliphatic carbocycles. The average Bonchev–Trinajstić information content (AvgIpc) is 2.73. The second-order valence-corrected chi connectivity index (χ2v) is 8.12. The Bertz CT molecular complexity index is 758. The van der Waals surface area contributed by atoms with Crippen molar-refractivity contribution in [3.05, 3.63) is 70.7 Å². The highest BCUT2D eigenvalue weighted by atomic mass is 35.5. The lowest BCUT2D eigenvalue weighted by Gasteiger charge is -2.39. The Morgan fingerprint density at radius 2 is 1.79 bits per heavy atom. The lowest BCUT2D eigenvalue weighted by atomic mass is 9.74. The number of hydrogen-bond donors (Lipinski definition) is 1. The van der Waals surface area contributed by atoms with Crippen molar-refractivity contribution < 1.29 is 9.53 Å². The number of rotatable bonds is 7. The topological polar surface area (TPSA) is 41.6 Å². The van der Waals surface area contributed by atoms with Gasteiger partial charge in [0.25, 0.3) is 0 Å². The van der Waals surface area contributed by atoms with Crippen LogP contribution < -0.4 is 5.32 Å². The average molecular weight is 401 g/mol. The Kier molecular flexibility index (Phi) is 7.11. The van der Waals surface area contributed by atoms with Crippen molar-refractivity contribution in [1.29, 1.82) is 0 Å². The third-order valence-corrected chi connectivity index (χ3v) is 5.91. The van der Waals surface area contributed by atoms with Crippen LogP contribution in [0.2, 0.25) is 5.02 Å². The molecule has 150 valence electrons. The molecular formula is C23H29ClN2O2. The van der Waals surface area contributed by atoms with E-state index in [1.54, 1.807) is 4.90 Å². The molecule has 1 aliphatic rings. The Hall–Kier alpha value is -1.88. The molecule has 1 atom stereocenters. The van der Waals surface area contributed by atoms with Gasteiger partial charge in [0.1, 0.15) is 0 Å². The maximum Gasteiger partial charge on any atom is 0.239 e. The third kappa shape index (κ3) is 5.13. The molecule has 1 aliphatic heterocycles. The first-order valence-corrected chi connectivity index (χ1v) is 10.2. The molecule has 2 aromatic carbocycles. The molecule has 28 heavy (non-hydrogen) atoms. The molecule has 2 aromatic rings. The van der Waals surface area contributed by atoms with Crippen molar-refractivity contribution in [2.24, 2.45) is 0 Å². The zero-order valence-corrected chi connectivity index (χ0v) is 17.4. The second-order valence-electron chi connectivity index (χ2n) is 7.68. The number of amides is 1. The van der Waals surface area contributed by atoms with Gasteiger partial charge in [-0.3, -0.25) is 4.79 Å². The minimum atomic E-state index is -0.249. The maximum atomic E-state index is 12.8. The predicted octanol–water partition coefficient (Wildman–Crippen LogP) is 4.02. The molecule has 1 fully saturated rings. The van der Waals surface area contributed by atoms with Gasteiger partial charge in [0.15, 0.2) is 0 Å². The van der Waals surface area contributed by atoms with Crippen LogP contribution in [0.1, 0.15) is 30.9 Å². The van der Waals surface area contributed by atoms with Crippen LogP contribution in [0.25, 0.3) is 0 Å². The molecule has 0 radical (unpaired) electrons. The Morgan fingerprint density at radius 3 is 2.43 bits per heavy atom. The fourth-order valence-electron chi connectivity index (χ4n) is 3.83. The van der Waals surface area contributed by atoms with Gasteiger partial charge in [0.2, 0.25) is 5.91 Å². The maximum absolute atomic E-state index is 12.8. The minimum Gasteiger partial charge on any atom is -0.381 e. The molecule has 5 heteroatoms. The number of hydrogen-bond acceptors (Lipinski definition) is 3. The molecule has 3 rings (SSSR count). The number of benzene rings is 2. The molecule has 0 bridgehead atoms. The number of nitrogens with one attached hydrogen (secondary N) is 1. The van der Waals surface area contributed by atoms with Crippen molar-refractivity contribution >= 4 is 17.5 Å². The quantitative estimate of drug-likeness (QED) is 0.763. The first-order valence-electron chi connectivity index (χ1n) is 9.86. The van der Waals surface area contributed by atoms with Crippen LogP contribution in [0.15, 0.2) is 54.6 Å². The number of ether oxygens (including phenoxy) is 1. The molecule has 0 aromatic heterocycles. The van der Waals surface area contributed by atoms with Gasteiger partial charge in [-0.1, -0.05) is 54.1 Å². The van der Waals surface area contributed by atoms with Crippen molar-refractivity contribution in [2.45, 2.75) is 37.8 Å². The van der Waals surface area contributed by atoms with Gasteiger partial charge in [0.05, 0.1) is 6.04 Å². The number of halogens is 1. The number of carbonyl (C=O) groups is 1. The van der Waals surface area contributed by atoms with Gasteiger partial charge in [-0.15, -0.1) is 0 Å². The van der Waals surface area contributed by atoms with E-state index in [2.05, 4.69) is 17.4 Å². The van der Waals surface area contributed by atoms with Crippen molar-refractivity contribution in [1.82, 2.24) is 10.2 Å². The zero-order valence-electron chi connectivity index (χ0n) is 16.7. The van der Waals surface area contributed by atoms with E-state index < -0.39 is 0 Å². The van der Waals surface area contributed by atoms with E-state index >= 15 is 0 Å². The first kappa shape index (κ1) is 20.8. The smallest absolute Gasteiger partial charge is 0.239 e. The molecule has 1 saturated heterocycles. The highest BCUT2D eigenvalue weighted by molar-refractivity contribution is 6.30. The summed E-state index contributed by atoms with van der Waals surface area (Å²) in [5, 5.41) is 4.23. The fraction of sp³-hybridized carbons (Fsp3) is 0.435. The molecule has 1 unspecified atom stereocenters. The highest BCUT2D eigenvalue weighted by Gasteiger charge is 2.35. The van der Waals surface area contributed by atoms with Gasteiger partial charge in [-0.2, -0.15) is 0 Å². The van der Waals surface area contributed by atoms with Crippen LogP contribution in [0, 0.1) is 0 Å². The zero-order chi connectivity index (χ0) is 20.0. The molecule has 1 heterocycles. The van der Waals surface area contributed by atoms with E-state index in [0.717, 1.165) is 43.2 Å². The van der Waals surface area contributed by atoms with Gasteiger partial charge in [-0.25, -0.2) is 0 Å². The second kappa shape index (κ2) is 9.55. The van der Waals surface area contributed by atoms with Crippen LogP contribution >= 0.6 is 11.6 Å². The number of carbonyl (C=O) groups excluding carboxylic acids is 1. The number of likely N-dealkylation sites (N-methyl/N-ethyl adjacent to an activating group) is 1. The fourth-order valence-corrected chi connectivity index (χ4v) is 3.96. The van der Waals surface area contributed by atoms with E-state index in [1.165, 1.54) is 5.56 Å². The molecule has 1 amide bonds. The van der Waals surface area contributed by atoms with Gasteiger partial charge < -0.3 is 15.0 Å². The van der Waals surface area contributed by atoms with Gasteiger partial charge in [-0.05, 0) is 43.0 Å². The molecule has 4 nitrogen and oxygen atoms in total. The lowest BCUT2D eigenvalue weighted by molar-refractivity contribution is -0.132. The van der Waals surface area contributed by atoms with Crippen LogP contribution in [0.4, 0.5) is 0 Å². The van der Waals surface area contributed by atoms with Crippen molar-refractivity contribution in [2.75, 3.05) is 26.8 Å². The summed E-state index contributed by atoms with van der Waals surface area (Å²) in [6.45, 7) is 4.77. The van der Waals surface area contributed by atoms with E-state index in [-0.39, 0.29) is 17.4 Å². The molecular weight excluding hydrogens is 372 g/mol. The summed E-state index contributed by atoms with van der Waals surface area (Å²) in [4.78, 5) is 14.6. The molecule has 1 N–H and O–H groups in total. The summed E-state index contributed by atoms with van der Waals surface area (Å²) in [7, 11) is 1.86. The Balaban J connectivity index is 1.63. The van der Waals surface area contributed by atoms with E-state index in [9.17, 15) is 4.79 Å². The summed E-state index contributed by atoms with van der Waals surface area (Å²) in [5.41, 5.74) is 2.35. The summed E-state index contributed by atoms with van der Waals surface area (Å²) < 4.78 is 5.60. The van der Waals surface area contributed by atoms with Crippen LogP contribution in [0.3, 0.4) is 0 Å². The molecule has 0 spiro atoms. The van der Waals surface area contributed by atoms with Gasteiger partial charge >= 0.3 is 0 Å². The Labute approximate surface area is 172 Å². The Morgan fingerprint density at radius 1 is 1.14 bits per heavy atom. The number of nitrogens with zero attached hydrogens (tertiary/aromatic N) is 1. The third-order valence-electron chi connectivity index (χ3n) is 5.66. The molecule has 0 saturated carbocycles. The minimum absolute atomic E-state index is 0.0324. The van der Waals surface area contributed by atoms with Crippen LogP contribution in [0.5, 0.6) is 0 Å². The normalized spacial score (nSPS) is 17.1. The standard InChI is InChI=1S/C23H29ClN2O2/c1-18(22(27)26(2)16-19-6-4-3-5-7-19)25-17-23(12-14-28-15-13-23)20-8-10-21(24)11-9-20/h3-11,18,25H,12-17H2,1-2H3. The van der Waals surface area contributed by atoms with E-state index in [1.807, 2.05) is 56.4 Å². The highest BCUT2D eigenvalue weighted by Crippen LogP contribution is 2.35. The van der Waals surface area contributed by atoms with Crippen LogP contribution in [-0.4, -0.2) is 43.7 Å². The van der Waals surface area contributed by atoms with Gasteiger partial charge in [0, 0.05) is 43.8 Å². The van der Waals surface area contributed by atoms with Crippen molar-refractivity contribution in [3.63, 3.8) is 0 Å². The van der Waals surface area contributed by atoms with E-state index in [0.29, 0.717) is 6.54 Å². The largest absolute Gasteiger partial charge is 0.381 e. The monoisotopic (exact) mass is 400 g/mol. The first-order chi connectivity index (χ1) is 13.5. The summed E-state index contributed by atoms with van der Waals surface area (Å²) >= 11 is 6.08. The van der Waals surface area contributed by atoms with E-state index in [4.69, 9.17) is 16.3 Å². The predicted molar refractivity (Wildman–Crippen MR) is 114 cm³/mol. The lowest BCUT2D eigenvalue weighted by Crippen LogP contribution is -2.49.